The van der Waals surface area contributed by atoms with Gasteiger partial charge in [0.1, 0.15) is 0 Å². The number of nitrogens with two attached hydrogens (primary N) is 1. The summed E-state index contributed by atoms with van der Waals surface area (Å²) in [5.41, 5.74) is 5.74. The molecule has 72 valence electrons. The van der Waals surface area contributed by atoms with E-state index in [4.69, 9.17) is 15.6 Å². The molecule has 0 spiro atoms. The molecule has 0 aromatic heterocycles. The van der Waals surface area contributed by atoms with E-state index in [1.807, 2.05) is 6.92 Å². The summed E-state index contributed by atoms with van der Waals surface area (Å²) in [6.45, 7) is 3.60. The fraction of sp³-hybridized carbons (Fsp3) is 1.00. The van der Waals surface area contributed by atoms with Crippen LogP contribution in [0.1, 0.15) is 13.8 Å². The quantitative estimate of drug-likeness (QED) is 0.482. The Kier molecular flexibility index (Phi) is 3.06. The van der Waals surface area contributed by atoms with E-state index in [-0.39, 0.29) is 30.8 Å². The van der Waals surface area contributed by atoms with Crippen molar-refractivity contribution in [3.8, 4) is 0 Å². The molecule has 1 saturated heterocycles. The lowest BCUT2D eigenvalue weighted by molar-refractivity contribution is -0.155. The molecular formula is C8H17NO3. The standard InChI is InChI=1S/C8H17NO3/c1-4-6(3-10)12-5(2)8(11)7(4)9/h4-8,10-11H,3,9H2,1-2H3/t4-,5-,6-,7-,8-/m1/s1. The molecule has 0 unspecified atom stereocenters. The molecule has 0 saturated carbocycles. The lowest BCUT2D eigenvalue weighted by Gasteiger charge is -2.40. The van der Waals surface area contributed by atoms with Gasteiger partial charge in [0.25, 0.3) is 0 Å². The Morgan fingerprint density at radius 3 is 2.50 bits per heavy atom. The van der Waals surface area contributed by atoms with Crippen molar-refractivity contribution in [1.29, 1.82) is 0 Å². The second kappa shape index (κ2) is 3.70. The number of aliphatic hydroxyl groups excluding tert-OH is 2. The topological polar surface area (TPSA) is 75.7 Å². The second-order valence-electron chi connectivity index (χ2n) is 3.49. The third-order valence-electron chi connectivity index (χ3n) is 2.64. The zero-order valence-corrected chi connectivity index (χ0v) is 7.47. The van der Waals surface area contributed by atoms with Crippen LogP contribution in [0.3, 0.4) is 0 Å². The fourth-order valence-corrected chi connectivity index (χ4v) is 1.56. The number of hydrogen-bond donors (Lipinski definition) is 3. The van der Waals surface area contributed by atoms with Crippen molar-refractivity contribution in [1.82, 2.24) is 0 Å². The van der Waals surface area contributed by atoms with Crippen LogP contribution < -0.4 is 5.73 Å². The highest BCUT2D eigenvalue weighted by atomic mass is 16.5. The smallest absolute Gasteiger partial charge is 0.0953 e. The normalized spacial score (nSPS) is 49.2. The minimum atomic E-state index is -0.622. The third kappa shape index (κ3) is 1.61. The van der Waals surface area contributed by atoms with Gasteiger partial charge in [-0.2, -0.15) is 0 Å². The molecule has 0 radical (unpaired) electrons. The molecule has 1 aliphatic heterocycles. The Balaban J connectivity index is 2.63. The van der Waals surface area contributed by atoms with Crippen LogP contribution in [-0.4, -0.2) is 41.2 Å². The summed E-state index contributed by atoms with van der Waals surface area (Å²) < 4.78 is 5.35. The molecule has 5 atom stereocenters. The predicted molar refractivity (Wildman–Crippen MR) is 44.6 cm³/mol. The van der Waals surface area contributed by atoms with Crippen molar-refractivity contribution in [2.75, 3.05) is 6.61 Å². The maximum absolute atomic E-state index is 9.50. The molecular weight excluding hydrogens is 158 g/mol. The van der Waals surface area contributed by atoms with Gasteiger partial charge in [-0.05, 0) is 6.92 Å². The van der Waals surface area contributed by atoms with Gasteiger partial charge in [-0.1, -0.05) is 6.92 Å². The Morgan fingerprint density at radius 1 is 1.42 bits per heavy atom. The van der Waals surface area contributed by atoms with Crippen LogP contribution in [0.15, 0.2) is 0 Å². The third-order valence-corrected chi connectivity index (χ3v) is 2.64. The average molecular weight is 175 g/mol. The van der Waals surface area contributed by atoms with Gasteiger partial charge in [-0.25, -0.2) is 0 Å². The van der Waals surface area contributed by atoms with E-state index in [1.165, 1.54) is 0 Å². The van der Waals surface area contributed by atoms with Crippen molar-refractivity contribution in [3.05, 3.63) is 0 Å². The predicted octanol–water partition coefficient (Wildman–Crippen LogP) is -0.910. The van der Waals surface area contributed by atoms with Crippen molar-refractivity contribution >= 4 is 0 Å². The van der Waals surface area contributed by atoms with Crippen LogP contribution in [0.5, 0.6) is 0 Å². The fourth-order valence-electron chi connectivity index (χ4n) is 1.56. The molecule has 0 amide bonds. The molecule has 12 heavy (non-hydrogen) atoms. The van der Waals surface area contributed by atoms with Crippen LogP contribution in [0.25, 0.3) is 0 Å². The van der Waals surface area contributed by atoms with Crippen molar-refractivity contribution in [2.24, 2.45) is 11.7 Å². The summed E-state index contributed by atoms with van der Waals surface area (Å²) in [7, 11) is 0. The maximum Gasteiger partial charge on any atom is 0.0953 e. The van der Waals surface area contributed by atoms with Gasteiger partial charge in [0.05, 0.1) is 24.9 Å². The molecule has 4 nitrogen and oxygen atoms in total. The Hall–Kier alpha value is -0.160. The molecule has 4 N–H and O–H groups in total. The largest absolute Gasteiger partial charge is 0.394 e. The van der Waals surface area contributed by atoms with Gasteiger partial charge in [0.2, 0.25) is 0 Å². The first-order valence-corrected chi connectivity index (χ1v) is 4.28. The van der Waals surface area contributed by atoms with Gasteiger partial charge >= 0.3 is 0 Å². The molecule has 1 aliphatic rings. The summed E-state index contributed by atoms with van der Waals surface area (Å²) in [6, 6.07) is -0.300. The maximum atomic E-state index is 9.50. The Morgan fingerprint density at radius 2 is 2.00 bits per heavy atom. The van der Waals surface area contributed by atoms with Crippen molar-refractivity contribution in [3.63, 3.8) is 0 Å². The monoisotopic (exact) mass is 175 g/mol. The Labute approximate surface area is 72.3 Å². The molecule has 1 rings (SSSR count). The number of aliphatic hydroxyl groups is 2. The van der Waals surface area contributed by atoms with Crippen molar-refractivity contribution < 1.29 is 14.9 Å². The Bertz CT molecular complexity index is 148. The van der Waals surface area contributed by atoms with Gasteiger partial charge in [-0.15, -0.1) is 0 Å². The average Bonchev–Trinajstić information content (AvgIpc) is 2.08. The first kappa shape index (κ1) is 9.92. The van der Waals surface area contributed by atoms with Gasteiger partial charge in [0, 0.05) is 12.0 Å². The molecule has 0 aromatic carbocycles. The zero-order chi connectivity index (χ0) is 9.30. The summed E-state index contributed by atoms with van der Waals surface area (Å²) >= 11 is 0. The number of rotatable bonds is 1. The van der Waals surface area contributed by atoms with E-state index in [9.17, 15) is 5.11 Å². The summed E-state index contributed by atoms with van der Waals surface area (Å²) in [4.78, 5) is 0. The minimum absolute atomic E-state index is 0.00111. The van der Waals surface area contributed by atoms with E-state index in [1.54, 1.807) is 6.92 Å². The van der Waals surface area contributed by atoms with Crippen LogP contribution in [-0.2, 0) is 4.74 Å². The van der Waals surface area contributed by atoms with E-state index in [0.29, 0.717) is 0 Å². The minimum Gasteiger partial charge on any atom is -0.394 e. The second-order valence-corrected chi connectivity index (χ2v) is 3.49. The molecule has 4 heteroatoms. The van der Waals surface area contributed by atoms with Crippen LogP contribution in [0.2, 0.25) is 0 Å². The molecule has 0 aromatic rings. The number of ether oxygens (including phenoxy) is 1. The van der Waals surface area contributed by atoms with Crippen LogP contribution in [0.4, 0.5) is 0 Å². The summed E-state index contributed by atoms with van der Waals surface area (Å²) in [6.07, 6.45) is -1.14. The van der Waals surface area contributed by atoms with Gasteiger partial charge < -0.3 is 20.7 Å². The molecule has 0 aliphatic carbocycles. The highest BCUT2D eigenvalue weighted by molar-refractivity contribution is 4.90. The summed E-state index contributed by atoms with van der Waals surface area (Å²) in [5, 5.41) is 18.4. The van der Waals surface area contributed by atoms with E-state index < -0.39 is 6.10 Å². The van der Waals surface area contributed by atoms with Crippen molar-refractivity contribution in [2.45, 2.75) is 38.2 Å². The lowest BCUT2D eigenvalue weighted by Crippen LogP contribution is -2.57. The van der Waals surface area contributed by atoms with Crippen LogP contribution >= 0.6 is 0 Å². The van der Waals surface area contributed by atoms with Gasteiger partial charge in [0.15, 0.2) is 0 Å². The van der Waals surface area contributed by atoms with E-state index in [0.717, 1.165) is 0 Å². The van der Waals surface area contributed by atoms with E-state index >= 15 is 0 Å². The zero-order valence-electron chi connectivity index (χ0n) is 7.47. The molecule has 1 heterocycles. The first-order chi connectivity index (χ1) is 5.57. The summed E-state index contributed by atoms with van der Waals surface area (Å²) in [5.74, 6) is 0.00111. The molecule has 0 bridgehead atoms. The molecule has 1 fully saturated rings. The number of hydrogen-bond acceptors (Lipinski definition) is 4. The highest BCUT2D eigenvalue weighted by Crippen LogP contribution is 2.23. The highest BCUT2D eigenvalue weighted by Gasteiger charge is 2.38. The van der Waals surface area contributed by atoms with Crippen LogP contribution in [0, 0.1) is 5.92 Å². The SMILES string of the molecule is C[C@H]1[C@@H](N)[C@H](O)[C@@H](C)O[C@@H]1CO. The van der Waals surface area contributed by atoms with E-state index in [2.05, 4.69) is 0 Å². The first-order valence-electron chi connectivity index (χ1n) is 4.28. The lowest BCUT2D eigenvalue weighted by atomic mass is 9.87. The van der Waals surface area contributed by atoms with Gasteiger partial charge in [-0.3, -0.25) is 0 Å².